The summed E-state index contributed by atoms with van der Waals surface area (Å²) in [4.78, 5) is 36.0. The lowest BCUT2D eigenvalue weighted by molar-refractivity contribution is -0.441. The number of benzene rings is 1. The number of carbonyl (C=O) groups is 1. The predicted molar refractivity (Wildman–Crippen MR) is 53.5 cm³/mol. The van der Waals surface area contributed by atoms with Crippen LogP contribution < -0.4 is 0 Å². The van der Waals surface area contributed by atoms with E-state index in [0.29, 0.717) is 0 Å². The minimum atomic E-state index is -1.14. The van der Waals surface area contributed by atoms with Gasteiger partial charge >= 0.3 is 17.1 Å². The van der Waals surface area contributed by atoms with E-state index in [4.69, 9.17) is 4.79 Å². The van der Waals surface area contributed by atoms with E-state index in [1.54, 1.807) is 0 Å². The molecule has 0 saturated carbocycles. The van der Waals surface area contributed by atoms with Gasteiger partial charge in [0.15, 0.2) is 0 Å². The molecule has 0 spiro atoms. The summed E-state index contributed by atoms with van der Waals surface area (Å²) in [6.07, 6.45) is 0. The Morgan fingerprint density at radius 1 is 0.824 bits per heavy atom. The van der Waals surface area contributed by atoms with Gasteiger partial charge in [0.25, 0.3) is 0 Å². The second-order valence-corrected chi connectivity index (χ2v) is 2.42. The molecule has 0 aliphatic rings. The second-order valence-electron chi connectivity index (χ2n) is 2.42. The number of hydrogen-bond acceptors (Lipinski definition) is 7. The lowest BCUT2D eigenvalue weighted by Crippen LogP contribution is -2.00. The summed E-state index contributed by atoms with van der Waals surface area (Å²) >= 11 is 0. The summed E-state index contributed by atoms with van der Waals surface area (Å²) in [5.74, 6) is 0. The molecule has 10 nitrogen and oxygen atoms in total. The standard InChI is InChI=1S/C6H3N3O6.CH2O/c10-7(11)4-2-1-3-5(8(12)13)6(4)9(14)15;1-2/h1-3H;1H2. The van der Waals surface area contributed by atoms with E-state index in [1.165, 1.54) is 0 Å². The SMILES string of the molecule is C=O.O=[N+]([O-])c1cccc([N+](=O)[O-])c1[N+](=O)[O-]. The van der Waals surface area contributed by atoms with Gasteiger partial charge in [0.2, 0.25) is 0 Å². The molecule has 17 heavy (non-hydrogen) atoms. The van der Waals surface area contributed by atoms with Crippen molar-refractivity contribution in [3.8, 4) is 0 Å². The van der Waals surface area contributed by atoms with Crippen LogP contribution in [-0.4, -0.2) is 21.6 Å². The van der Waals surface area contributed by atoms with Gasteiger partial charge in [-0.15, -0.1) is 0 Å². The summed E-state index contributed by atoms with van der Waals surface area (Å²) in [5, 5.41) is 31.2. The highest BCUT2D eigenvalue weighted by Gasteiger charge is 2.34. The van der Waals surface area contributed by atoms with Crippen LogP contribution in [0.1, 0.15) is 0 Å². The van der Waals surface area contributed by atoms with Crippen LogP contribution in [0, 0.1) is 30.3 Å². The van der Waals surface area contributed by atoms with Crippen molar-refractivity contribution in [2.24, 2.45) is 0 Å². The van der Waals surface area contributed by atoms with E-state index in [0.717, 1.165) is 18.2 Å². The van der Waals surface area contributed by atoms with Crippen molar-refractivity contribution < 1.29 is 19.6 Å². The zero-order chi connectivity index (χ0) is 13.6. The van der Waals surface area contributed by atoms with Crippen LogP contribution >= 0.6 is 0 Å². The maximum absolute atomic E-state index is 10.4. The first kappa shape index (κ1) is 14.1. The molecule has 1 aromatic rings. The number of nitro groups is 3. The minimum absolute atomic E-state index is 0.838. The third-order valence-corrected chi connectivity index (χ3v) is 1.57. The van der Waals surface area contributed by atoms with E-state index >= 15 is 0 Å². The Labute approximate surface area is 92.9 Å². The van der Waals surface area contributed by atoms with E-state index in [1.807, 2.05) is 6.79 Å². The fourth-order valence-electron chi connectivity index (χ4n) is 1.00. The van der Waals surface area contributed by atoms with Crippen molar-refractivity contribution in [3.63, 3.8) is 0 Å². The smallest absolute Gasteiger partial charge is 0.307 e. The number of para-hydroxylation sites is 1. The highest BCUT2D eigenvalue weighted by Crippen LogP contribution is 2.35. The lowest BCUT2D eigenvalue weighted by atomic mass is 10.2. The Kier molecular flexibility index (Phi) is 4.85. The summed E-state index contributed by atoms with van der Waals surface area (Å²) in [7, 11) is 0. The zero-order valence-electron chi connectivity index (χ0n) is 8.14. The molecule has 0 bridgehead atoms. The van der Waals surface area contributed by atoms with E-state index in [2.05, 4.69) is 0 Å². The molecular formula is C7H5N3O7. The van der Waals surface area contributed by atoms with Crippen molar-refractivity contribution in [3.05, 3.63) is 48.5 Å². The molecule has 90 valence electrons. The third kappa shape index (κ3) is 3.02. The molecular weight excluding hydrogens is 238 g/mol. The Hall–Kier alpha value is -2.91. The summed E-state index contributed by atoms with van der Waals surface area (Å²) in [6, 6.07) is 2.69. The highest BCUT2D eigenvalue weighted by atomic mass is 16.6. The Bertz CT molecular complexity index is 440. The monoisotopic (exact) mass is 243 g/mol. The summed E-state index contributed by atoms with van der Waals surface area (Å²) in [6.45, 7) is 2.00. The maximum atomic E-state index is 10.4. The van der Waals surface area contributed by atoms with Gasteiger partial charge < -0.3 is 4.79 Å². The topological polar surface area (TPSA) is 146 Å². The number of rotatable bonds is 3. The van der Waals surface area contributed by atoms with Gasteiger partial charge in [-0.05, 0) is 6.07 Å². The third-order valence-electron chi connectivity index (χ3n) is 1.57. The van der Waals surface area contributed by atoms with Crippen LogP contribution in [-0.2, 0) is 4.79 Å². The quantitative estimate of drug-likeness (QED) is 0.572. The number of hydrogen-bond donors (Lipinski definition) is 0. The zero-order valence-corrected chi connectivity index (χ0v) is 8.14. The van der Waals surface area contributed by atoms with Crippen molar-refractivity contribution in [1.82, 2.24) is 0 Å². The lowest BCUT2D eigenvalue weighted by Gasteiger charge is -1.95. The second kappa shape index (κ2) is 5.85. The molecule has 0 fully saturated rings. The molecule has 0 N–H and O–H groups in total. The normalized spacial score (nSPS) is 8.71. The molecule has 0 heterocycles. The first-order chi connectivity index (χ1) is 7.95. The Morgan fingerprint density at radius 2 is 1.18 bits per heavy atom. The molecule has 0 radical (unpaired) electrons. The molecule has 0 aliphatic carbocycles. The van der Waals surface area contributed by atoms with Crippen molar-refractivity contribution >= 4 is 23.9 Å². The van der Waals surface area contributed by atoms with Crippen LogP contribution in [0.4, 0.5) is 17.1 Å². The molecule has 1 rings (SSSR count). The van der Waals surface area contributed by atoms with Crippen LogP contribution in [0.25, 0.3) is 0 Å². The average Bonchev–Trinajstić information content (AvgIpc) is 2.30. The van der Waals surface area contributed by atoms with Gasteiger partial charge in [-0.1, -0.05) is 0 Å². The summed E-state index contributed by atoms with van der Waals surface area (Å²) in [5.41, 5.74) is -2.89. The summed E-state index contributed by atoms with van der Waals surface area (Å²) < 4.78 is 0. The maximum Gasteiger partial charge on any atom is 0.422 e. The van der Waals surface area contributed by atoms with Crippen molar-refractivity contribution in [2.45, 2.75) is 0 Å². The van der Waals surface area contributed by atoms with Gasteiger partial charge in [-0.2, -0.15) is 0 Å². The van der Waals surface area contributed by atoms with Gasteiger partial charge in [0.1, 0.15) is 6.79 Å². The molecule has 0 aromatic heterocycles. The molecule has 0 saturated heterocycles. The molecule has 1 aromatic carbocycles. The Balaban J connectivity index is 0.00000121. The van der Waals surface area contributed by atoms with E-state index < -0.39 is 31.8 Å². The van der Waals surface area contributed by atoms with Crippen LogP contribution in [0.5, 0.6) is 0 Å². The van der Waals surface area contributed by atoms with Gasteiger partial charge in [-0.25, -0.2) is 0 Å². The van der Waals surface area contributed by atoms with Crippen LogP contribution in [0.3, 0.4) is 0 Å². The number of carbonyl (C=O) groups excluding carboxylic acids is 1. The molecule has 0 aliphatic heterocycles. The van der Waals surface area contributed by atoms with Gasteiger partial charge in [0, 0.05) is 12.1 Å². The highest BCUT2D eigenvalue weighted by molar-refractivity contribution is 5.65. The van der Waals surface area contributed by atoms with Crippen molar-refractivity contribution in [1.29, 1.82) is 0 Å². The van der Waals surface area contributed by atoms with E-state index in [9.17, 15) is 30.3 Å². The minimum Gasteiger partial charge on any atom is -0.307 e. The fourth-order valence-corrected chi connectivity index (χ4v) is 1.00. The predicted octanol–water partition coefficient (Wildman–Crippen LogP) is 1.23. The first-order valence-electron chi connectivity index (χ1n) is 3.80. The van der Waals surface area contributed by atoms with Gasteiger partial charge in [0.05, 0.1) is 14.8 Å². The molecule has 0 atom stereocenters. The molecule has 10 heteroatoms. The molecule has 0 amide bonds. The van der Waals surface area contributed by atoms with Crippen LogP contribution in [0.15, 0.2) is 18.2 Å². The first-order valence-corrected chi connectivity index (χ1v) is 3.80. The number of nitro benzene ring substituents is 3. The van der Waals surface area contributed by atoms with Crippen molar-refractivity contribution in [2.75, 3.05) is 0 Å². The molecule has 0 unspecified atom stereocenters. The van der Waals surface area contributed by atoms with Crippen LogP contribution in [0.2, 0.25) is 0 Å². The Morgan fingerprint density at radius 3 is 1.41 bits per heavy atom. The average molecular weight is 243 g/mol. The number of nitrogens with zero attached hydrogens (tertiary/aromatic N) is 3. The van der Waals surface area contributed by atoms with Gasteiger partial charge in [-0.3, -0.25) is 30.3 Å². The largest absolute Gasteiger partial charge is 0.422 e. The fraction of sp³-hybridized carbons (Fsp3) is 0. The van der Waals surface area contributed by atoms with E-state index in [-0.39, 0.29) is 0 Å².